The van der Waals surface area contributed by atoms with Gasteiger partial charge in [-0.1, -0.05) is 0 Å². The molecule has 0 aromatic rings. The summed E-state index contributed by atoms with van der Waals surface area (Å²) in [5.41, 5.74) is 5.40. The molecule has 0 saturated carbocycles. The number of nitrogens with two attached hydrogens (primary N) is 1. The number of aliphatic hydroxyl groups is 2. The average molecular weight is 462 g/mol. The fraction of sp³-hybridized carbons (Fsp3) is 0.722. The lowest BCUT2D eigenvalue weighted by atomic mass is 10.1. The van der Waals surface area contributed by atoms with Crippen molar-refractivity contribution in [3.05, 3.63) is 0 Å². The number of likely N-dealkylation sites (tertiary alicyclic amines) is 1. The van der Waals surface area contributed by atoms with Crippen LogP contribution < -0.4 is 21.7 Å². The summed E-state index contributed by atoms with van der Waals surface area (Å²) in [7, 11) is 0. The first-order chi connectivity index (χ1) is 14.6. The molecule has 31 heavy (non-hydrogen) atoms. The Labute approximate surface area is 185 Å². The van der Waals surface area contributed by atoms with Gasteiger partial charge in [-0.2, -0.15) is 12.6 Å². The van der Waals surface area contributed by atoms with Crippen LogP contribution in [0, 0.1) is 0 Å². The molecule has 1 fully saturated rings. The van der Waals surface area contributed by atoms with Crippen molar-refractivity contribution in [2.24, 2.45) is 5.73 Å². The van der Waals surface area contributed by atoms with Gasteiger partial charge in [0, 0.05) is 12.3 Å². The standard InChI is InChI=1S/C18H31N5O7S/c1-9(6-24)20-16(28)13-4-3-5-23(13)18(30)12(8-31)21-17(29)14(10(2)26)22-15(27)11(19)7-25/h6,9-14,25-26,31H,3-5,7-8,19H2,1-2H3,(H,20,28)(H,21,29)(H,22,27)/t9-,10+,11-,12-,13-,14-/m0/s1. The molecule has 0 radical (unpaired) electrons. The summed E-state index contributed by atoms with van der Waals surface area (Å²) < 4.78 is 0. The summed E-state index contributed by atoms with van der Waals surface area (Å²) >= 11 is 4.10. The van der Waals surface area contributed by atoms with Crippen LogP contribution in [0.3, 0.4) is 0 Å². The monoisotopic (exact) mass is 461 g/mol. The molecule has 0 aromatic heterocycles. The number of carbonyl (C=O) groups excluding carboxylic acids is 5. The maximum Gasteiger partial charge on any atom is 0.246 e. The molecule has 0 spiro atoms. The molecule has 1 rings (SSSR count). The van der Waals surface area contributed by atoms with Crippen LogP contribution in [0.25, 0.3) is 0 Å². The normalized spacial score (nSPS) is 20.7. The molecule has 1 aliphatic rings. The van der Waals surface area contributed by atoms with E-state index < -0.39 is 66.5 Å². The molecule has 0 aromatic carbocycles. The van der Waals surface area contributed by atoms with Crippen LogP contribution in [0.4, 0.5) is 0 Å². The minimum atomic E-state index is -1.42. The first-order valence-corrected chi connectivity index (χ1v) is 10.5. The second-order valence-electron chi connectivity index (χ2n) is 7.38. The highest BCUT2D eigenvalue weighted by Gasteiger charge is 2.38. The van der Waals surface area contributed by atoms with E-state index in [1.54, 1.807) is 0 Å². The highest BCUT2D eigenvalue weighted by atomic mass is 32.1. The van der Waals surface area contributed by atoms with Crippen LogP contribution in [0.1, 0.15) is 26.7 Å². The lowest BCUT2D eigenvalue weighted by Gasteiger charge is -2.30. The number of nitrogens with zero attached hydrogens (tertiary/aromatic N) is 1. The first-order valence-electron chi connectivity index (χ1n) is 9.89. The van der Waals surface area contributed by atoms with E-state index in [0.29, 0.717) is 19.1 Å². The smallest absolute Gasteiger partial charge is 0.246 e. The molecule has 176 valence electrons. The van der Waals surface area contributed by atoms with E-state index in [4.69, 9.17) is 10.8 Å². The summed E-state index contributed by atoms with van der Waals surface area (Å²) in [6.45, 7) is 2.41. The zero-order chi connectivity index (χ0) is 23.7. The SMILES string of the molecule is C[C@@H](C=O)NC(=O)[C@@H]1CCCN1C(=O)[C@H](CS)NC(=O)[C@@H](NC(=O)[C@@H](N)CO)[C@@H](C)O. The van der Waals surface area contributed by atoms with Crippen molar-refractivity contribution in [1.29, 1.82) is 0 Å². The van der Waals surface area contributed by atoms with Gasteiger partial charge in [-0.15, -0.1) is 0 Å². The van der Waals surface area contributed by atoms with Gasteiger partial charge in [0.15, 0.2) is 0 Å². The van der Waals surface area contributed by atoms with Crippen LogP contribution in [0.15, 0.2) is 0 Å². The van der Waals surface area contributed by atoms with Crippen molar-refractivity contribution >= 4 is 42.5 Å². The van der Waals surface area contributed by atoms with Crippen molar-refractivity contribution in [3.63, 3.8) is 0 Å². The summed E-state index contributed by atoms with van der Waals surface area (Å²) in [5, 5.41) is 26.0. The summed E-state index contributed by atoms with van der Waals surface area (Å²) in [4.78, 5) is 61.9. The van der Waals surface area contributed by atoms with Gasteiger partial charge in [0.05, 0.1) is 18.8 Å². The van der Waals surface area contributed by atoms with Crippen LogP contribution in [0.2, 0.25) is 0 Å². The summed E-state index contributed by atoms with van der Waals surface area (Å²) in [6, 6.07) is -5.33. The van der Waals surface area contributed by atoms with Crippen molar-refractivity contribution in [2.75, 3.05) is 18.9 Å². The molecule has 13 heteroatoms. The van der Waals surface area contributed by atoms with Gasteiger partial charge < -0.3 is 41.6 Å². The molecule has 12 nitrogen and oxygen atoms in total. The maximum absolute atomic E-state index is 13.0. The highest BCUT2D eigenvalue weighted by molar-refractivity contribution is 7.80. The van der Waals surface area contributed by atoms with Crippen molar-refractivity contribution in [2.45, 2.75) is 63.0 Å². The fourth-order valence-corrected chi connectivity index (χ4v) is 3.30. The van der Waals surface area contributed by atoms with Gasteiger partial charge in [0.25, 0.3) is 0 Å². The zero-order valence-electron chi connectivity index (χ0n) is 17.5. The number of hydrogen-bond acceptors (Lipinski definition) is 9. The molecule has 4 amide bonds. The Bertz CT molecular complexity index is 678. The number of thiol groups is 1. The third kappa shape index (κ3) is 7.45. The van der Waals surface area contributed by atoms with E-state index in [2.05, 4.69) is 28.6 Å². The highest BCUT2D eigenvalue weighted by Crippen LogP contribution is 2.19. The zero-order valence-corrected chi connectivity index (χ0v) is 18.4. The lowest BCUT2D eigenvalue weighted by molar-refractivity contribution is -0.142. The molecule has 1 heterocycles. The predicted molar refractivity (Wildman–Crippen MR) is 113 cm³/mol. The number of nitrogens with one attached hydrogen (secondary N) is 3. The van der Waals surface area contributed by atoms with Gasteiger partial charge >= 0.3 is 0 Å². The van der Waals surface area contributed by atoms with Gasteiger partial charge in [0.1, 0.15) is 30.5 Å². The number of aldehydes is 1. The Balaban J connectivity index is 2.88. The van der Waals surface area contributed by atoms with Crippen LogP contribution in [0.5, 0.6) is 0 Å². The van der Waals surface area contributed by atoms with E-state index >= 15 is 0 Å². The first kappa shape index (κ1) is 26.8. The Morgan fingerprint density at radius 2 is 1.84 bits per heavy atom. The molecule has 0 bridgehead atoms. The van der Waals surface area contributed by atoms with Gasteiger partial charge in [-0.25, -0.2) is 0 Å². The fourth-order valence-electron chi connectivity index (χ4n) is 3.05. The van der Waals surface area contributed by atoms with Gasteiger partial charge in [-0.05, 0) is 26.7 Å². The number of amides is 4. The van der Waals surface area contributed by atoms with E-state index in [1.807, 2.05) is 0 Å². The molecular weight excluding hydrogens is 430 g/mol. The number of hydrogen-bond donors (Lipinski definition) is 7. The van der Waals surface area contributed by atoms with E-state index in [9.17, 15) is 29.1 Å². The average Bonchev–Trinajstić information content (AvgIpc) is 3.23. The predicted octanol–water partition coefficient (Wildman–Crippen LogP) is -3.72. The topological polar surface area (TPSA) is 191 Å². The lowest BCUT2D eigenvalue weighted by Crippen LogP contribution is -2.60. The molecule has 1 saturated heterocycles. The molecule has 7 N–H and O–H groups in total. The third-order valence-electron chi connectivity index (χ3n) is 4.81. The van der Waals surface area contributed by atoms with Crippen molar-refractivity contribution in [1.82, 2.24) is 20.9 Å². The van der Waals surface area contributed by atoms with E-state index in [-0.39, 0.29) is 12.3 Å². The largest absolute Gasteiger partial charge is 0.394 e. The molecular formula is C18H31N5O7S. The third-order valence-corrected chi connectivity index (χ3v) is 5.17. The Hall–Kier alpha value is -2.22. The Morgan fingerprint density at radius 1 is 1.19 bits per heavy atom. The quantitative estimate of drug-likeness (QED) is 0.121. The van der Waals surface area contributed by atoms with Crippen LogP contribution >= 0.6 is 12.6 Å². The molecule has 1 aliphatic heterocycles. The second kappa shape index (κ2) is 12.6. The summed E-state index contributed by atoms with van der Waals surface area (Å²) in [5.74, 6) is -2.82. The van der Waals surface area contributed by atoms with Gasteiger partial charge in [0.2, 0.25) is 23.6 Å². The van der Waals surface area contributed by atoms with E-state index in [0.717, 1.165) is 0 Å². The van der Waals surface area contributed by atoms with Gasteiger partial charge in [-0.3, -0.25) is 19.2 Å². The number of aliphatic hydroxyl groups excluding tert-OH is 2. The Morgan fingerprint density at radius 3 is 2.35 bits per heavy atom. The minimum absolute atomic E-state index is 0.100. The van der Waals surface area contributed by atoms with Crippen LogP contribution in [-0.4, -0.2) is 100 Å². The number of rotatable bonds is 11. The minimum Gasteiger partial charge on any atom is -0.394 e. The molecule has 6 atom stereocenters. The van der Waals surface area contributed by atoms with E-state index in [1.165, 1.54) is 18.7 Å². The summed E-state index contributed by atoms with van der Waals surface area (Å²) in [6.07, 6.45) is 0.225. The van der Waals surface area contributed by atoms with Crippen molar-refractivity contribution in [3.8, 4) is 0 Å². The van der Waals surface area contributed by atoms with Crippen molar-refractivity contribution < 1.29 is 34.2 Å². The number of carbonyl (C=O) groups is 5. The second-order valence-corrected chi connectivity index (χ2v) is 7.75. The maximum atomic E-state index is 13.0. The van der Waals surface area contributed by atoms with Crippen LogP contribution in [-0.2, 0) is 24.0 Å². The Kier molecular flexibility index (Phi) is 10.9. The molecule has 0 aliphatic carbocycles. The molecule has 0 unspecified atom stereocenters.